The molecule has 0 spiro atoms. The van der Waals surface area contributed by atoms with E-state index in [1.165, 1.54) is 23.9 Å². The van der Waals surface area contributed by atoms with E-state index < -0.39 is 4.92 Å². The Kier molecular flexibility index (Phi) is 4.71. The number of pyridine rings is 1. The van der Waals surface area contributed by atoms with Gasteiger partial charge in [-0.3, -0.25) is 10.1 Å². The largest absolute Gasteiger partial charge is 0.491 e. The molecular formula is C15H17N3O3. The van der Waals surface area contributed by atoms with Crippen LogP contribution in [-0.4, -0.2) is 23.1 Å². The highest BCUT2D eigenvalue weighted by atomic mass is 16.6. The quantitative estimate of drug-likeness (QED) is 0.502. The smallest absolute Gasteiger partial charge is 0.311 e. The van der Waals surface area contributed by atoms with Crippen LogP contribution in [0.1, 0.15) is 11.1 Å². The maximum atomic E-state index is 10.8. The number of benzene rings is 1. The highest BCUT2D eigenvalue weighted by molar-refractivity contribution is 5.54. The lowest BCUT2D eigenvalue weighted by molar-refractivity contribution is -0.384. The maximum absolute atomic E-state index is 10.8. The van der Waals surface area contributed by atoms with Crippen LogP contribution in [-0.2, 0) is 0 Å². The van der Waals surface area contributed by atoms with Crippen LogP contribution in [0.2, 0.25) is 0 Å². The lowest BCUT2D eigenvalue weighted by Crippen LogP contribution is -2.13. The van der Waals surface area contributed by atoms with E-state index in [1.807, 2.05) is 32.0 Å². The van der Waals surface area contributed by atoms with Gasteiger partial charge in [0, 0.05) is 12.3 Å². The number of anilines is 1. The number of aromatic nitrogens is 1. The zero-order chi connectivity index (χ0) is 15.2. The predicted octanol–water partition coefficient (Wildman–Crippen LogP) is 3.10. The molecular weight excluding hydrogens is 270 g/mol. The van der Waals surface area contributed by atoms with Crippen LogP contribution >= 0.6 is 0 Å². The third kappa shape index (κ3) is 3.92. The summed E-state index contributed by atoms with van der Waals surface area (Å²) in [5, 5.41) is 13.8. The summed E-state index contributed by atoms with van der Waals surface area (Å²) in [6.45, 7) is 4.85. The summed E-state index contributed by atoms with van der Waals surface area (Å²) >= 11 is 0. The van der Waals surface area contributed by atoms with E-state index in [0.29, 0.717) is 13.2 Å². The average molecular weight is 287 g/mol. The van der Waals surface area contributed by atoms with Gasteiger partial charge < -0.3 is 10.1 Å². The van der Waals surface area contributed by atoms with E-state index >= 15 is 0 Å². The normalized spacial score (nSPS) is 10.2. The second-order valence-electron chi connectivity index (χ2n) is 4.67. The standard InChI is InChI=1S/C15H17N3O3/c1-11-5-6-14(12(2)10-11)21-9-8-17-15-13(18(19)20)4-3-7-16-15/h3-7,10H,8-9H2,1-2H3,(H,16,17). The Balaban J connectivity index is 1.89. The first-order valence-corrected chi connectivity index (χ1v) is 6.61. The highest BCUT2D eigenvalue weighted by Crippen LogP contribution is 2.20. The van der Waals surface area contributed by atoms with E-state index in [1.54, 1.807) is 0 Å². The van der Waals surface area contributed by atoms with Crippen molar-refractivity contribution in [2.75, 3.05) is 18.5 Å². The van der Waals surface area contributed by atoms with Crippen LogP contribution < -0.4 is 10.1 Å². The molecule has 0 atom stereocenters. The summed E-state index contributed by atoms with van der Waals surface area (Å²) in [7, 11) is 0. The van der Waals surface area contributed by atoms with Gasteiger partial charge in [0.25, 0.3) is 0 Å². The van der Waals surface area contributed by atoms with E-state index in [0.717, 1.165) is 11.3 Å². The molecule has 0 fully saturated rings. The number of hydrogen-bond donors (Lipinski definition) is 1. The zero-order valence-electron chi connectivity index (χ0n) is 12.0. The molecule has 0 aliphatic rings. The Morgan fingerprint density at radius 1 is 1.33 bits per heavy atom. The molecule has 0 aliphatic carbocycles. The molecule has 0 amide bonds. The number of nitro groups is 1. The van der Waals surface area contributed by atoms with Gasteiger partial charge in [-0.2, -0.15) is 0 Å². The minimum absolute atomic E-state index is 0.0379. The molecule has 1 aromatic heterocycles. The van der Waals surface area contributed by atoms with Crippen molar-refractivity contribution in [2.24, 2.45) is 0 Å². The molecule has 1 N–H and O–H groups in total. The molecule has 6 nitrogen and oxygen atoms in total. The molecule has 0 saturated heterocycles. The van der Waals surface area contributed by atoms with Crippen LogP contribution in [0.3, 0.4) is 0 Å². The van der Waals surface area contributed by atoms with Gasteiger partial charge in [0.15, 0.2) is 0 Å². The molecule has 110 valence electrons. The third-order valence-electron chi connectivity index (χ3n) is 2.97. The van der Waals surface area contributed by atoms with Crippen molar-refractivity contribution >= 4 is 11.5 Å². The molecule has 0 radical (unpaired) electrons. The molecule has 0 saturated carbocycles. The Hall–Kier alpha value is -2.63. The Bertz CT molecular complexity index is 644. The molecule has 1 heterocycles. The molecule has 2 rings (SSSR count). The summed E-state index contributed by atoms with van der Waals surface area (Å²) in [5.74, 6) is 1.07. The molecule has 2 aromatic rings. The van der Waals surface area contributed by atoms with Gasteiger partial charge in [0.05, 0.1) is 11.5 Å². The fourth-order valence-corrected chi connectivity index (χ4v) is 1.97. The van der Waals surface area contributed by atoms with Crippen molar-refractivity contribution in [3.05, 3.63) is 57.8 Å². The Morgan fingerprint density at radius 2 is 2.14 bits per heavy atom. The van der Waals surface area contributed by atoms with Crippen molar-refractivity contribution in [3.8, 4) is 5.75 Å². The van der Waals surface area contributed by atoms with Crippen molar-refractivity contribution < 1.29 is 9.66 Å². The first-order chi connectivity index (χ1) is 10.1. The number of ether oxygens (including phenoxy) is 1. The second kappa shape index (κ2) is 6.69. The minimum atomic E-state index is -0.458. The monoisotopic (exact) mass is 287 g/mol. The van der Waals surface area contributed by atoms with Crippen LogP contribution in [0.25, 0.3) is 0 Å². The van der Waals surface area contributed by atoms with E-state index in [2.05, 4.69) is 10.3 Å². The number of aryl methyl sites for hydroxylation is 2. The van der Waals surface area contributed by atoms with E-state index in [4.69, 9.17) is 4.74 Å². The van der Waals surface area contributed by atoms with Gasteiger partial charge in [0.1, 0.15) is 12.4 Å². The number of hydrogen-bond acceptors (Lipinski definition) is 5. The lowest BCUT2D eigenvalue weighted by Gasteiger charge is -2.10. The summed E-state index contributed by atoms with van der Waals surface area (Å²) < 4.78 is 5.65. The van der Waals surface area contributed by atoms with Crippen molar-refractivity contribution in [1.82, 2.24) is 4.98 Å². The molecule has 0 aliphatic heterocycles. The SMILES string of the molecule is Cc1ccc(OCCNc2ncccc2[N+](=O)[O-])c(C)c1. The van der Waals surface area contributed by atoms with Gasteiger partial charge >= 0.3 is 5.69 Å². The number of nitrogens with zero attached hydrogens (tertiary/aromatic N) is 2. The van der Waals surface area contributed by atoms with Crippen LogP contribution in [0.5, 0.6) is 5.75 Å². The Labute approximate surface area is 122 Å². The van der Waals surface area contributed by atoms with Crippen molar-refractivity contribution in [2.45, 2.75) is 13.8 Å². The topological polar surface area (TPSA) is 77.3 Å². The summed E-state index contributed by atoms with van der Waals surface area (Å²) in [6.07, 6.45) is 1.51. The van der Waals surface area contributed by atoms with Gasteiger partial charge in [-0.1, -0.05) is 17.7 Å². The highest BCUT2D eigenvalue weighted by Gasteiger charge is 2.13. The van der Waals surface area contributed by atoms with Crippen molar-refractivity contribution in [1.29, 1.82) is 0 Å². The maximum Gasteiger partial charge on any atom is 0.311 e. The van der Waals surface area contributed by atoms with Gasteiger partial charge in [0.2, 0.25) is 5.82 Å². The van der Waals surface area contributed by atoms with Crippen LogP contribution in [0.15, 0.2) is 36.5 Å². The zero-order valence-corrected chi connectivity index (χ0v) is 12.0. The molecule has 21 heavy (non-hydrogen) atoms. The molecule has 1 aromatic carbocycles. The van der Waals surface area contributed by atoms with Gasteiger partial charge in [-0.05, 0) is 31.5 Å². The second-order valence-corrected chi connectivity index (χ2v) is 4.67. The van der Waals surface area contributed by atoms with E-state index in [-0.39, 0.29) is 11.5 Å². The Morgan fingerprint density at radius 3 is 2.86 bits per heavy atom. The summed E-state index contributed by atoms with van der Waals surface area (Å²) in [5.41, 5.74) is 2.21. The fourth-order valence-electron chi connectivity index (χ4n) is 1.97. The van der Waals surface area contributed by atoms with Crippen LogP contribution in [0.4, 0.5) is 11.5 Å². The number of rotatable bonds is 6. The summed E-state index contributed by atoms with van der Waals surface area (Å²) in [6, 6.07) is 8.91. The molecule has 0 unspecified atom stereocenters. The van der Waals surface area contributed by atoms with Gasteiger partial charge in [-0.25, -0.2) is 4.98 Å². The van der Waals surface area contributed by atoms with E-state index in [9.17, 15) is 10.1 Å². The van der Waals surface area contributed by atoms with Crippen molar-refractivity contribution in [3.63, 3.8) is 0 Å². The molecule has 0 bridgehead atoms. The first-order valence-electron chi connectivity index (χ1n) is 6.61. The lowest BCUT2D eigenvalue weighted by atomic mass is 10.1. The predicted molar refractivity (Wildman–Crippen MR) is 80.8 cm³/mol. The average Bonchev–Trinajstić information content (AvgIpc) is 2.45. The fraction of sp³-hybridized carbons (Fsp3) is 0.267. The van der Waals surface area contributed by atoms with Crippen LogP contribution in [0, 0.1) is 24.0 Å². The molecule has 6 heteroatoms. The van der Waals surface area contributed by atoms with Gasteiger partial charge in [-0.15, -0.1) is 0 Å². The summed E-state index contributed by atoms with van der Waals surface area (Å²) in [4.78, 5) is 14.4. The third-order valence-corrected chi connectivity index (χ3v) is 2.97. The number of nitrogens with one attached hydrogen (secondary N) is 1. The minimum Gasteiger partial charge on any atom is -0.491 e. The first kappa shape index (κ1) is 14.8.